The highest BCUT2D eigenvalue weighted by Gasteiger charge is 2.39. The molecular formula is C6H7BrF3NO2. The molecule has 1 fully saturated rings. The lowest BCUT2D eigenvalue weighted by Crippen LogP contribution is -2.35. The van der Waals surface area contributed by atoms with E-state index in [0.29, 0.717) is 10.2 Å². The second-order valence-electron chi connectivity index (χ2n) is 2.66. The Kier molecular flexibility index (Phi) is 3.05. The monoisotopic (exact) mass is 261 g/mol. The molecule has 1 rings (SSSR count). The van der Waals surface area contributed by atoms with Crippen molar-refractivity contribution in [2.24, 2.45) is 0 Å². The normalized spacial score (nSPS) is 23.5. The van der Waals surface area contributed by atoms with Gasteiger partial charge in [0.05, 0.1) is 6.54 Å². The minimum Gasteiger partial charge on any atom is -0.443 e. The summed E-state index contributed by atoms with van der Waals surface area (Å²) in [4.78, 5) is 11.4. The van der Waals surface area contributed by atoms with E-state index in [1.165, 1.54) is 0 Å². The molecule has 0 N–H and O–H groups in total. The van der Waals surface area contributed by atoms with Gasteiger partial charge in [0.15, 0.2) is 0 Å². The van der Waals surface area contributed by atoms with Crippen molar-refractivity contribution < 1.29 is 22.7 Å². The van der Waals surface area contributed by atoms with E-state index in [2.05, 4.69) is 20.7 Å². The number of hydrogen-bond donors (Lipinski definition) is 0. The molecule has 1 unspecified atom stereocenters. The fraction of sp³-hybridized carbons (Fsp3) is 0.833. The van der Waals surface area contributed by atoms with Crippen molar-refractivity contribution >= 4 is 22.0 Å². The number of cyclic esters (lactones) is 1. The van der Waals surface area contributed by atoms with Crippen LogP contribution in [0.4, 0.5) is 18.0 Å². The van der Waals surface area contributed by atoms with Crippen LogP contribution in [0.15, 0.2) is 0 Å². The smallest absolute Gasteiger partial charge is 0.410 e. The maximum absolute atomic E-state index is 11.9. The average molecular weight is 262 g/mol. The molecule has 1 aliphatic rings. The van der Waals surface area contributed by atoms with Crippen LogP contribution < -0.4 is 0 Å². The third-order valence-electron chi connectivity index (χ3n) is 1.49. The molecule has 1 atom stereocenters. The van der Waals surface area contributed by atoms with Crippen LogP contribution in [0.25, 0.3) is 0 Å². The Morgan fingerprint density at radius 1 is 1.62 bits per heavy atom. The third-order valence-corrected chi connectivity index (χ3v) is 2.21. The van der Waals surface area contributed by atoms with E-state index in [9.17, 15) is 18.0 Å². The van der Waals surface area contributed by atoms with Gasteiger partial charge in [0.1, 0.15) is 12.6 Å². The Hall–Kier alpha value is -0.460. The quantitative estimate of drug-likeness (QED) is 0.710. The van der Waals surface area contributed by atoms with Gasteiger partial charge >= 0.3 is 12.3 Å². The molecule has 76 valence electrons. The minimum atomic E-state index is -4.36. The number of carbonyl (C=O) groups is 1. The van der Waals surface area contributed by atoms with Gasteiger partial charge in [0.2, 0.25) is 0 Å². The molecule has 0 aromatic rings. The van der Waals surface area contributed by atoms with E-state index in [4.69, 9.17) is 0 Å². The second-order valence-corrected chi connectivity index (χ2v) is 3.30. The standard InChI is InChI=1S/C6H7BrF3NO2/c7-1-4-2-11(5(12)13-4)3-6(8,9)10/h4H,1-3H2. The number of hydrogen-bond acceptors (Lipinski definition) is 2. The Labute approximate surface area is 81.0 Å². The van der Waals surface area contributed by atoms with Crippen molar-refractivity contribution in [3.63, 3.8) is 0 Å². The fourth-order valence-corrected chi connectivity index (χ4v) is 1.34. The molecule has 3 nitrogen and oxygen atoms in total. The fourth-order valence-electron chi connectivity index (χ4n) is 1.00. The average Bonchev–Trinajstić information content (AvgIpc) is 2.29. The summed E-state index contributed by atoms with van der Waals surface area (Å²) in [5.74, 6) is 0. The summed E-state index contributed by atoms with van der Waals surface area (Å²) in [7, 11) is 0. The highest BCUT2D eigenvalue weighted by atomic mass is 79.9. The number of alkyl halides is 4. The summed E-state index contributed by atoms with van der Waals surface area (Å²) in [6.07, 6.45) is -5.74. The summed E-state index contributed by atoms with van der Waals surface area (Å²) in [6.45, 7) is -1.25. The highest BCUT2D eigenvalue weighted by Crippen LogP contribution is 2.21. The third kappa shape index (κ3) is 3.06. The van der Waals surface area contributed by atoms with Gasteiger partial charge < -0.3 is 4.74 Å². The molecule has 1 saturated heterocycles. The first-order valence-corrected chi connectivity index (χ1v) is 4.63. The van der Waals surface area contributed by atoms with Gasteiger partial charge in [0, 0.05) is 5.33 Å². The molecule has 0 aromatic carbocycles. The lowest BCUT2D eigenvalue weighted by molar-refractivity contribution is -0.138. The molecule has 0 aliphatic carbocycles. The molecule has 1 aliphatic heterocycles. The molecule has 0 aromatic heterocycles. The molecular weight excluding hydrogens is 255 g/mol. The number of nitrogens with zero attached hydrogens (tertiary/aromatic N) is 1. The van der Waals surface area contributed by atoms with Gasteiger partial charge in [-0.25, -0.2) is 4.79 Å². The van der Waals surface area contributed by atoms with Crippen molar-refractivity contribution in [3.05, 3.63) is 0 Å². The Balaban J connectivity index is 2.49. The Bertz CT molecular complexity index is 209. The number of carbonyl (C=O) groups excluding carboxylic acids is 1. The van der Waals surface area contributed by atoms with Crippen LogP contribution in [0.2, 0.25) is 0 Å². The minimum absolute atomic E-state index is 0.0103. The van der Waals surface area contributed by atoms with E-state index < -0.39 is 24.9 Å². The Morgan fingerprint density at radius 2 is 2.23 bits per heavy atom. The summed E-state index contributed by atoms with van der Waals surface area (Å²) in [5.41, 5.74) is 0. The van der Waals surface area contributed by atoms with E-state index >= 15 is 0 Å². The molecule has 1 amide bonds. The molecule has 0 spiro atoms. The van der Waals surface area contributed by atoms with Crippen LogP contribution in [-0.2, 0) is 4.74 Å². The lowest BCUT2D eigenvalue weighted by Gasteiger charge is -2.14. The van der Waals surface area contributed by atoms with Crippen LogP contribution >= 0.6 is 15.9 Å². The van der Waals surface area contributed by atoms with Gasteiger partial charge in [-0.2, -0.15) is 13.2 Å². The molecule has 1 heterocycles. The van der Waals surface area contributed by atoms with Crippen molar-refractivity contribution in [3.8, 4) is 0 Å². The number of rotatable bonds is 2. The van der Waals surface area contributed by atoms with Crippen LogP contribution in [0.1, 0.15) is 0 Å². The predicted molar refractivity (Wildman–Crippen MR) is 41.7 cm³/mol. The van der Waals surface area contributed by atoms with Gasteiger partial charge in [-0.05, 0) is 0 Å². The van der Waals surface area contributed by atoms with Crippen molar-refractivity contribution in [2.45, 2.75) is 12.3 Å². The molecule has 13 heavy (non-hydrogen) atoms. The van der Waals surface area contributed by atoms with Crippen LogP contribution in [0.5, 0.6) is 0 Å². The maximum atomic E-state index is 11.9. The molecule has 0 saturated carbocycles. The van der Waals surface area contributed by atoms with Crippen LogP contribution in [-0.4, -0.2) is 41.7 Å². The first-order valence-electron chi connectivity index (χ1n) is 3.50. The van der Waals surface area contributed by atoms with E-state index in [0.717, 1.165) is 0 Å². The van der Waals surface area contributed by atoms with Crippen LogP contribution in [0, 0.1) is 0 Å². The molecule has 0 bridgehead atoms. The highest BCUT2D eigenvalue weighted by molar-refractivity contribution is 9.09. The zero-order valence-electron chi connectivity index (χ0n) is 6.47. The SMILES string of the molecule is O=C1OC(CBr)CN1CC(F)(F)F. The second kappa shape index (κ2) is 3.73. The number of ether oxygens (including phenoxy) is 1. The topological polar surface area (TPSA) is 29.5 Å². The van der Waals surface area contributed by atoms with E-state index in [-0.39, 0.29) is 6.54 Å². The summed E-state index contributed by atoms with van der Waals surface area (Å²) < 4.78 is 40.2. The zero-order chi connectivity index (χ0) is 10.1. The van der Waals surface area contributed by atoms with Gasteiger partial charge in [-0.1, -0.05) is 15.9 Å². The van der Waals surface area contributed by atoms with Crippen molar-refractivity contribution in [1.82, 2.24) is 4.90 Å². The van der Waals surface area contributed by atoms with Crippen molar-refractivity contribution in [2.75, 3.05) is 18.4 Å². The van der Waals surface area contributed by atoms with Crippen LogP contribution in [0.3, 0.4) is 0 Å². The van der Waals surface area contributed by atoms with Gasteiger partial charge in [0.25, 0.3) is 0 Å². The first-order chi connectivity index (χ1) is 5.92. The summed E-state index contributed by atoms with van der Waals surface area (Å²) >= 11 is 3.03. The number of halogens is 4. The summed E-state index contributed by atoms with van der Waals surface area (Å²) in [5, 5.41) is 0.354. The predicted octanol–water partition coefficient (Wildman–Crippen LogP) is 1.76. The molecule has 0 radical (unpaired) electrons. The van der Waals surface area contributed by atoms with E-state index in [1.54, 1.807) is 0 Å². The zero-order valence-corrected chi connectivity index (χ0v) is 8.06. The lowest BCUT2D eigenvalue weighted by atomic mass is 10.4. The van der Waals surface area contributed by atoms with Gasteiger partial charge in [-0.3, -0.25) is 4.90 Å². The largest absolute Gasteiger partial charge is 0.443 e. The van der Waals surface area contributed by atoms with Crippen molar-refractivity contribution in [1.29, 1.82) is 0 Å². The molecule has 7 heteroatoms. The Morgan fingerprint density at radius 3 is 2.62 bits per heavy atom. The number of amides is 1. The maximum Gasteiger partial charge on any atom is 0.410 e. The van der Waals surface area contributed by atoms with Gasteiger partial charge in [-0.15, -0.1) is 0 Å². The van der Waals surface area contributed by atoms with E-state index in [1.807, 2.05) is 0 Å². The summed E-state index contributed by atoms with van der Waals surface area (Å²) in [6, 6.07) is 0. The first kappa shape index (κ1) is 10.6.